The fourth-order valence-electron chi connectivity index (χ4n) is 1.84. The quantitative estimate of drug-likeness (QED) is 0.567. The van der Waals surface area contributed by atoms with E-state index in [1.54, 1.807) is 19.1 Å². The highest BCUT2D eigenvalue weighted by atomic mass is 32.2. The van der Waals surface area contributed by atoms with E-state index in [2.05, 4.69) is 24.7 Å². The zero-order chi connectivity index (χ0) is 14.3. The van der Waals surface area contributed by atoms with Gasteiger partial charge in [0.15, 0.2) is 5.03 Å². The van der Waals surface area contributed by atoms with Gasteiger partial charge in [-0.2, -0.15) is 8.42 Å². The van der Waals surface area contributed by atoms with Crippen LogP contribution in [0.2, 0.25) is 0 Å². The Labute approximate surface area is 113 Å². The highest BCUT2D eigenvalue weighted by Crippen LogP contribution is 2.18. The summed E-state index contributed by atoms with van der Waals surface area (Å²) in [5.41, 5.74) is 1.13. The molecule has 2 heterocycles. The number of imidazole rings is 2. The number of anilines is 1. The lowest BCUT2D eigenvalue weighted by atomic mass is 10.3. The van der Waals surface area contributed by atoms with E-state index in [9.17, 15) is 13.2 Å². The van der Waals surface area contributed by atoms with Crippen LogP contribution in [0.15, 0.2) is 34.2 Å². The molecule has 0 atom stereocenters. The third-order valence-corrected chi connectivity index (χ3v) is 4.03. The Morgan fingerprint density at radius 3 is 2.60 bits per heavy atom. The van der Waals surface area contributed by atoms with Gasteiger partial charge in [0.2, 0.25) is 0 Å². The Balaban J connectivity index is 1.98. The molecule has 0 aliphatic carbocycles. The van der Waals surface area contributed by atoms with Gasteiger partial charge in [0.05, 0.1) is 22.9 Å². The second-order valence-electron chi connectivity index (χ2n) is 4.28. The fraction of sp³-hybridized carbons (Fsp3) is 0.0909. The number of nitrogens with one attached hydrogen (secondary N) is 4. The number of aromatic amines is 3. The Kier molecular flexibility index (Phi) is 2.64. The van der Waals surface area contributed by atoms with Crippen LogP contribution in [0.1, 0.15) is 5.82 Å². The summed E-state index contributed by atoms with van der Waals surface area (Å²) in [5.74, 6) is 0.510. The molecule has 0 aliphatic heterocycles. The van der Waals surface area contributed by atoms with Crippen molar-refractivity contribution in [1.29, 1.82) is 0 Å². The van der Waals surface area contributed by atoms with Crippen LogP contribution in [-0.2, 0) is 10.0 Å². The highest BCUT2D eigenvalue weighted by Gasteiger charge is 2.16. The maximum absolute atomic E-state index is 12.1. The van der Waals surface area contributed by atoms with Crippen molar-refractivity contribution in [2.45, 2.75) is 11.9 Å². The van der Waals surface area contributed by atoms with Crippen LogP contribution in [0.25, 0.3) is 11.0 Å². The van der Waals surface area contributed by atoms with E-state index >= 15 is 0 Å². The highest BCUT2D eigenvalue weighted by molar-refractivity contribution is 7.92. The van der Waals surface area contributed by atoms with Crippen molar-refractivity contribution >= 4 is 26.7 Å². The van der Waals surface area contributed by atoms with E-state index in [0.717, 1.165) is 0 Å². The van der Waals surface area contributed by atoms with Crippen LogP contribution in [0.3, 0.4) is 0 Å². The molecular weight excluding hydrogens is 282 g/mol. The minimum atomic E-state index is -3.72. The molecule has 104 valence electrons. The zero-order valence-electron chi connectivity index (χ0n) is 10.4. The molecule has 8 nitrogen and oxygen atoms in total. The lowest BCUT2D eigenvalue weighted by molar-refractivity contribution is 0.598. The largest absolute Gasteiger partial charge is 0.332 e. The Morgan fingerprint density at radius 2 is 1.90 bits per heavy atom. The van der Waals surface area contributed by atoms with E-state index in [4.69, 9.17) is 0 Å². The SMILES string of the molecule is Cc1ncc(S(=O)(=O)Nc2ccc3[nH]c(=O)[nH]c3c2)[nH]1. The number of aryl methyl sites for hydroxylation is 1. The Hall–Kier alpha value is -2.55. The van der Waals surface area contributed by atoms with Crippen molar-refractivity contribution in [2.24, 2.45) is 0 Å². The maximum Gasteiger partial charge on any atom is 0.323 e. The topological polar surface area (TPSA) is 123 Å². The molecule has 0 radical (unpaired) electrons. The van der Waals surface area contributed by atoms with Gasteiger partial charge in [-0.15, -0.1) is 0 Å². The van der Waals surface area contributed by atoms with Crippen LogP contribution in [-0.4, -0.2) is 28.4 Å². The summed E-state index contributed by atoms with van der Waals surface area (Å²) in [4.78, 5) is 22.8. The third kappa shape index (κ3) is 2.18. The molecule has 20 heavy (non-hydrogen) atoms. The molecule has 3 rings (SSSR count). The fourth-order valence-corrected chi connectivity index (χ4v) is 2.86. The molecule has 0 aliphatic rings. The molecule has 0 bridgehead atoms. The lowest BCUT2D eigenvalue weighted by Crippen LogP contribution is -2.13. The normalized spacial score (nSPS) is 11.8. The molecule has 0 spiro atoms. The van der Waals surface area contributed by atoms with E-state index in [1.807, 2.05) is 0 Å². The number of rotatable bonds is 3. The molecule has 1 aromatic carbocycles. The first-order chi connectivity index (χ1) is 9.44. The Bertz CT molecular complexity index is 934. The van der Waals surface area contributed by atoms with E-state index < -0.39 is 10.0 Å². The molecule has 0 saturated heterocycles. The van der Waals surface area contributed by atoms with E-state index in [0.29, 0.717) is 22.5 Å². The Morgan fingerprint density at radius 1 is 1.15 bits per heavy atom. The second-order valence-corrected chi connectivity index (χ2v) is 5.93. The minimum absolute atomic E-state index is 0.0161. The van der Waals surface area contributed by atoms with E-state index in [1.165, 1.54) is 12.3 Å². The van der Waals surface area contributed by atoms with Gasteiger partial charge in [-0.05, 0) is 25.1 Å². The first-order valence-electron chi connectivity index (χ1n) is 5.70. The molecule has 0 fully saturated rings. The van der Waals surface area contributed by atoms with Crippen LogP contribution >= 0.6 is 0 Å². The predicted octanol–water partition coefficient (Wildman–Crippen LogP) is 0.689. The summed E-state index contributed by atoms with van der Waals surface area (Å²) >= 11 is 0. The third-order valence-electron chi connectivity index (χ3n) is 2.74. The van der Waals surface area contributed by atoms with E-state index in [-0.39, 0.29) is 10.7 Å². The van der Waals surface area contributed by atoms with Crippen LogP contribution in [0, 0.1) is 6.92 Å². The van der Waals surface area contributed by atoms with Crippen LogP contribution in [0.4, 0.5) is 5.69 Å². The lowest BCUT2D eigenvalue weighted by Gasteiger charge is -2.05. The molecule has 0 unspecified atom stereocenters. The number of fused-ring (bicyclic) bond motifs is 1. The monoisotopic (exact) mass is 293 g/mol. The number of aromatic nitrogens is 4. The molecule has 0 amide bonds. The molecule has 9 heteroatoms. The first kappa shape index (κ1) is 12.5. The summed E-state index contributed by atoms with van der Waals surface area (Å²) < 4.78 is 26.6. The van der Waals surface area contributed by atoms with Gasteiger partial charge in [-0.25, -0.2) is 9.78 Å². The second kappa shape index (κ2) is 4.23. The van der Waals surface area contributed by atoms with Crippen molar-refractivity contribution in [3.8, 4) is 0 Å². The number of benzene rings is 1. The molecule has 4 N–H and O–H groups in total. The van der Waals surface area contributed by atoms with Crippen molar-refractivity contribution in [2.75, 3.05) is 4.72 Å². The average molecular weight is 293 g/mol. The predicted molar refractivity (Wildman–Crippen MR) is 73.1 cm³/mol. The number of sulfonamides is 1. The maximum atomic E-state index is 12.1. The van der Waals surface area contributed by atoms with Crippen molar-refractivity contribution in [1.82, 2.24) is 19.9 Å². The van der Waals surface area contributed by atoms with Crippen LogP contribution in [0.5, 0.6) is 0 Å². The first-order valence-corrected chi connectivity index (χ1v) is 7.19. The van der Waals surface area contributed by atoms with Gasteiger partial charge < -0.3 is 15.0 Å². The smallest absolute Gasteiger partial charge is 0.323 e. The summed E-state index contributed by atoms with van der Waals surface area (Å²) in [7, 11) is -3.72. The molecular formula is C11H11N5O3S. The van der Waals surface area contributed by atoms with Gasteiger partial charge in [0.1, 0.15) is 5.82 Å². The minimum Gasteiger partial charge on any atom is -0.332 e. The molecule has 0 saturated carbocycles. The van der Waals surface area contributed by atoms with Crippen molar-refractivity contribution < 1.29 is 8.42 Å². The standard InChI is InChI=1S/C11H11N5O3S/c1-6-12-5-10(13-6)20(18,19)16-7-2-3-8-9(4-7)15-11(17)14-8/h2-5,16H,1H3,(H,12,13)(H2,14,15,17). The van der Waals surface area contributed by atoms with Crippen molar-refractivity contribution in [3.05, 3.63) is 40.7 Å². The number of hydrogen-bond donors (Lipinski definition) is 4. The molecule has 3 aromatic rings. The number of hydrogen-bond acceptors (Lipinski definition) is 4. The van der Waals surface area contributed by atoms with Gasteiger partial charge in [0, 0.05) is 0 Å². The van der Waals surface area contributed by atoms with Crippen molar-refractivity contribution in [3.63, 3.8) is 0 Å². The summed E-state index contributed by atoms with van der Waals surface area (Å²) in [6.07, 6.45) is 1.24. The number of H-pyrrole nitrogens is 3. The summed E-state index contributed by atoms with van der Waals surface area (Å²) in [6, 6.07) is 4.71. The summed E-state index contributed by atoms with van der Waals surface area (Å²) in [6.45, 7) is 1.66. The summed E-state index contributed by atoms with van der Waals surface area (Å²) in [5, 5.41) is -0.0161. The zero-order valence-corrected chi connectivity index (χ0v) is 11.2. The van der Waals surface area contributed by atoms with Gasteiger partial charge in [-0.1, -0.05) is 0 Å². The number of nitrogens with zero attached hydrogens (tertiary/aromatic N) is 1. The van der Waals surface area contributed by atoms with Crippen LogP contribution < -0.4 is 10.4 Å². The molecule has 2 aromatic heterocycles. The average Bonchev–Trinajstić information content (AvgIpc) is 2.93. The van der Waals surface area contributed by atoms with Gasteiger partial charge >= 0.3 is 5.69 Å². The van der Waals surface area contributed by atoms with Gasteiger partial charge in [0.25, 0.3) is 10.0 Å². The van der Waals surface area contributed by atoms with Gasteiger partial charge in [-0.3, -0.25) is 4.72 Å².